The number of likely N-dealkylation sites (N-methyl/N-ethyl adjacent to an activating group) is 1. The largest absolute Gasteiger partial charge is 0.489 e. The number of amides is 3. The smallest absolute Gasteiger partial charge is 0.408 e. The molecule has 3 rings (SSSR count). The summed E-state index contributed by atoms with van der Waals surface area (Å²) in [7, 11) is 1.59. The molecule has 0 aliphatic carbocycles. The highest BCUT2D eigenvalue weighted by molar-refractivity contribution is 6.02. The van der Waals surface area contributed by atoms with Gasteiger partial charge >= 0.3 is 6.09 Å². The van der Waals surface area contributed by atoms with E-state index in [1.165, 1.54) is 17.7 Å². The third-order valence-corrected chi connectivity index (χ3v) is 5.22. The summed E-state index contributed by atoms with van der Waals surface area (Å²) in [5.74, 6) is -0.0790. The Balaban J connectivity index is 1.63. The average Bonchev–Trinajstić information content (AvgIpc) is 3.18. The Labute approximate surface area is 183 Å². The molecule has 9 nitrogen and oxygen atoms in total. The number of ether oxygens (including phenoxy) is 2. The predicted octanol–water partition coefficient (Wildman–Crippen LogP) is 1.76. The van der Waals surface area contributed by atoms with E-state index in [1.54, 1.807) is 46.0 Å². The minimum absolute atomic E-state index is 0.0310. The lowest BCUT2D eigenvalue weighted by Gasteiger charge is -2.23. The van der Waals surface area contributed by atoms with Crippen LogP contribution in [0.4, 0.5) is 10.5 Å². The molecule has 31 heavy (non-hydrogen) atoms. The summed E-state index contributed by atoms with van der Waals surface area (Å²) in [6.45, 7) is 8.78. The number of fused-ring (bicyclic) bond motifs is 1. The molecule has 0 saturated carbocycles. The summed E-state index contributed by atoms with van der Waals surface area (Å²) in [6, 6.07) is 4.08. The number of hydrogen-bond acceptors (Lipinski definition) is 6. The molecular formula is C22H32N4O5. The highest BCUT2D eigenvalue weighted by atomic mass is 16.6. The quantitative estimate of drug-likeness (QED) is 0.736. The van der Waals surface area contributed by atoms with Crippen molar-refractivity contribution in [3.63, 3.8) is 0 Å². The van der Waals surface area contributed by atoms with Crippen molar-refractivity contribution in [3.05, 3.63) is 23.8 Å². The molecule has 1 aromatic carbocycles. The Bertz CT molecular complexity index is 830. The van der Waals surface area contributed by atoms with Gasteiger partial charge in [0.2, 0.25) is 0 Å². The maximum absolute atomic E-state index is 12.9. The van der Waals surface area contributed by atoms with Gasteiger partial charge in [-0.15, -0.1) is 0 Å². The van der Waals surface area contributed by atoms with Crippen LogP contribution in [-0.2, 0) is 9.53 Å². The Kier molecular flexibility index (Phi) is 7.04. The van der Waals surface area contributed by atoms with Gasteiger partial charge < -0.3 is 29.9 Å². The molecule has 0 unspecified atom stereocenters. The van der Waals surface area contributed by atoms with Crippen LogP contribution in [0.3, 0.4) is 0 Å². The minimum atomic E-state index is -0.898. The molecule has 1 saturated heterocycles. The molecule has 3 amide bonds. The van der Waals surface area contributed by atoms with Crippen molar-refractivity contribution in [1.29, 1.82) is 0 Å². The molecule has 9 heteroatoms. The Morgan fingerprint density at radius 1 is 1.23 bits per heavy atom. The summed E-state index contributed by atoms with van der Waals surface area (Å²) < 4.78 is 11.0. The second-order valence-corrected chi connectivity index (χ2v) is 8.89. The summed E-state index contributed by atoms with van der Waals surface area (Å²) in [5.41, 5.74) is 0.248. The van der Waals surface area contributed by atoms with E-state index < -0.39 is 17.7 Å². The van der Waals surface area contributed by atoms with Crippen LogP contribution in [0.5, 0.6) is 5.75 Å². The van der Waals surface area contributed by atoms with Crippen molar-refractivity contribution < 1.29 is 23.9 Å². The van der Waals surface area contributed by atoms with Crippen molar-refractivity contribution >= 4 is 23.6 Å². The topological polar surface area (TPSA) is 100 Å². The zero-order valence-corrected chi connectivity index (χ0v) is 18.7. The van der Waals surface area contributed by atoms with E-state index in [9.17, 15) is 14.4 Å². The van der Waals surface area contributed by atoms with Crippen LogP contribution in [0.15, 0.2) is 18.2 Å². The number of rotatable bonds is 5. The number of carbonyl (C=O) groups excluding carboxylic acids is 3. The fourth-order valence-corrected chi connectivity index (χ4v) is 3.63. The van der Waals surface area contributed by atoms with Crippen molar-refractivity contribution in [2.75, 3.05) is 44.7 Å². The molecule has 170 valence electrons. The Hall–Kier alpha value is -2.81. The van der Waals surface area contributed by atoms with Crippen LogP contribution in [0.25, 0.3) is 0 Å². The van der Waals surface area contributed by atoms with E-state index in [0.717, 1.165) is 19.6 Å². The van der Waals surface area contributed by atoms with Crippen LogP contribution >= 0.6 is 0 Å². The molecule has 1 fully saturated rings. The van der Waals surface area contributed by atoms with E-state index in [2.05, 4.69) is 15.5 Å². The molecule has 2 heterocycles. The number of nitrogens with zero attached hydrogens (tertiary/aromatic N) is 2. The van der Waals surface area contributed by atoms with Crippen LogP contribution in [0.1, 0.15) is 44.0 Å². The maximum atomic E-state index is 12.9. The highest BCUT2D eigenvalue weighted by Gasteiger charge is 2.32. The predicted molar refractivity (Wildman–Crippen MR) is 117 cm³/mol. The summed E-state index contributed by atoms with van der Waals surface area (Å²) >= 11 is 0. The third-order valence-electron chi connectivity index (χ3n) is 5.22. The third kappa shape index (κ3) is 6.10. The fraction of sp³-hybridized carbons (Fsp3) is 0.591. The van der Waals surface area contributed by atoms with E-state index in [-0.39, 0.29) is 18.4 Å². The molecule has 0 bridgehead atoms. The normalized spacial score (nSPS) is 19.3. The van der Waals surface area contributed by atoms with Crippen LogP contribution in [-0.4, -0.2) is 74.3 Å². The number of benzene rings is 1. The van der Waals surface area contributed by atoms with Crippen LogP contribution < -0.4 is 20.3 Å². The molecule has 0 radical (unpaired) electrons. The standard InChI is InChI=1S/C22H32N4O5/c1-22(2,3)31-21(29)24-16-14-30-18-8-7-15(13-17(18)25(4)20(16)28)19(27)23-9-12-26-10-5-6-11-26/h7-8,13,16H,5-6,9-12,14H2,1-4H3,(H,23,27)(H,24,29)/t16-/m0/s1. The first-order valence-corrected chi connectivity index (χ1v) is 10.7. The first kappa shape index (κ1) is 22.9. The van der Waals surface area contributed by atoms with Gasteiger partial charge in [0, 0.05) is 25.7 Å². The van der Waals surface area contributed by atoms with Gasteiger partial charge in [-0.3, -0.25) is 9.59 Å². The van der Waals surface area contributed by atoms with E-state index in [4.69, 9.17) is 9.47 Å². The SMILES string of the molecule is CN1C(=O)[C@@H](NC(=O)OC(C)(C)C)COc2ccc(C(=O)NCCN3CCCC3)cc21. The van der Waals surface area contributed by atoms with E-state index >= 15 is 0 Å². The van der Waals surface area contributed by atoms with Gasteiger partial charge in [-0.2, -0.15) is 0 Å². The van der Waals surface area contributed by atoms with Gasteiger partial charge in [-0.1, -0.05) is 0 Å². The first-order chi connectivity index (χ1) is 14.6. The summed E-state index contributed by atoms with van der Waals surface area (Å²) in [4.78, 5) is 41.3. The molecular weight excluding hydrogens is 400 g/mol. The lowest BCUT2D eigenvalue weighted by molar-refractivity contribution is -0.120. The summed E-state index contributed by atoms with van der Waals surface area (Å²) in [6.07, 6.45) is 1.73. The van der Waals surface area contributed by atoms with Crippen molar-refractivity contribution in [2.45, 2.75) is 45.3 Å². The van der Waals surface area contributed by atoms with Crippen LogP contribution in [0, 0.1) is 0 Å². The van der Waals surface area contributed by atoms with E-state index in [1.807, 2.05) is 0 Å². The molecule has 2 aliphatic heterocycles. The molecule has 1 aromatic rings. The maximum Gasteiger partial charge on any atom is 0.408 e. The summed E-state index contributed by atoms with van der Waals surface area (Å²) in [5, 5.41) is 5.49. The number of likely N-dealkylation sites (tertiary alicyclic amines) is 1. The lowest BCUT2D eigenvalue weighted by atomic mass is 10.1. The molecule has 2 N–H and O–H groups in total. The number of anilines is 1. The van der Waals surface area contributed by atoms with Gasteiger partial charge in [0.1, 0.15) is 24.0 Å². The number of hydrogen-bond donors (Lipinski definition) is 2. The zero-order chi connectivity index (χ0) is 22.6. The average molecular weight is 433 g/mol. The van der Waals surface area contributed by atoms with Crippen LogP contribution in [0.2, 0.25) is 0 Å². The second kappa shape index (κ2) is 9.55. The first-order valence-electron chi connectivity index (χ1n) is 10.7. The van der Waals surface area contributed by atoms with Crippen molar-refractivity contribution in [1.82, 2.24) is 15.5 Å². The van der Waals surface area contributed by atoms with Gasteiger partial charge in [0.25, 0.3) is 11.8 Å². The van der Waals surface area contributed by atoms with E-state index in [0.29, 0.717) is 23.5 Å². The van der Waals surface area contributed by atoms with Gasteiger partial charge in [-0.05, 0) is 64.9 Å². The lowest BCUT2D eigenvalue weighted by Crippen LogP contribution is -2.50. The molecule has 1 atom stereocenters. The van der Waals surface area contributed by atoms with Gasteiger partial charge in [0.15, 0.2) is 0 Å². The number of nitrogens with one attached hydrogen (secondary N) is 2. The fourth-order valence-electron chi connectivity index (χ4n) is 3.63. The zero-order valence-electron chi connectivity index (χ0n) is 18.7. The monoisotopic (exact) mass is 432 g/mol. The Morgan fingerprint density at radius 3 is 2.61 bits per heavy atom. The van der Waals surface area contributed by atoms with Crippen molar-refractivity contribution in [3.8, 4) is 5.75 Å². The van der Waals surface area contributed by atoms with Gasteiger partial charge in [0.05, 0.1) is 5.69 Å². The van der Waals surface area contributed by atoms with Crippen molar-refractivity contribution in [2.24, 2.45) is 0 Å². The Morgan fingerprint density at radius 2 is 1.94 bits per heavy atom. The minimum Gasteiger partial charge on any atom is -0.489 e. The second-order valence-electron chi connectivity index (χ2n) is 8.89. The van der Waals surface area contributed by atoms with Gasteiger partial charge in [-0.25, -0.2) is 4.79 Å². The molecule has 0 aromatic heterocycles. The number of alkyl carbamates (subject to hydrolysis) is 1. The number of carbonyl (C=O) groups is 3. The highest BCUT2D eigenvalue weighted by Crippen LogP contribution is 2.31. The molecule has 2 aliphatic rings. The molecule has 0 spiro atoms.